The number of carbonyl (C=O) groups is 2. The number of para-hydroxylation sites is 1. The molecule has 3 rings (SSSR count). The zero-order valence-electron chi connectivity index (χ0n) is 13.6. The van der Waals surface area contributed by atoms with Gasteiger partial charge in [-0.15, -0.1) is 0 Å². The summed E-state index contributed by atoms with van der Waals surface area (Å²) < 4.78 is 5.95. The van der Waals surface area contributed by atoms with Crippen LogP contribution in [0.3, 0.4) is 0 Å². The number of fused-ring (bicyclic) bond motifs is 1. The van der Waals surface area contributed by atoms with Crippen LogP contribution in [0.2, 0.25) is 0 Å². The van der Waals surface area contributed by atoms with E-state index in [9.17, 15) is 14.4 Å². The first-order valence-electron chi connectivity index (χ1n) is 7.86. The molecule has 0 unspecified atom stereocenters. The number of rotatable bonds is 5. The second kappa shape index (κ2) is 6.73. The predicted octanol–water partition coefficient (Wildman–Crippen LogP) is 3.82. The number of hydrogen-bond acceptors (Lipinski definition) is 4. The molecule has 0 aliphatic carbocycles. The van der Waals surface area contributed by atoms with Gasteiger partial charge in [0.2, 0.25) is 0 Å². The number of carboxylic acids is 1. The van der Waals surface area contributed by atoms with Crippen molar-refractivity contribution in [1.82, 2.24) is 0 Å². The maximum Gasteiger partial charge on any atom is 0.303 e. The minimum Gasteiger partial charge on any atom is -0.481 e. The Morgan fingerprint density at radius 2 is 1.72 bits per heavy atom. The summed E-state index contributed by atoms with van der Waals surface area (Å²) in [6.45, 7) is 1.69. The molecule has 0 atom stereocenters. The third-order valence-corrected chi connectivity index (χ3v) is 4.05. The molecular weight excluding hydrogens is 320 g/mol. The molecular formula is C20H16O5. The van der Waals surface area contributed by atoms with Gasteiger partial charge in [0.1, 0.15) is 11.3 Å². The van der Waals surface area contributed by atoms with Crippen molar-refractivity contribution < 1.29 is 19.1 Å². The Morgan fingerprint density at radius 1 is 1.00 bits per heavy atom. The number of carbonyl (C=O) groups excluding carboxylic acids is 1. The highest BCUT2D eigenvalue weighted by Crippen LogP contribution is 2.27. The minimum absolute atomic E-state index is 0.146. The Morgan fingerprint density at radius 3 is 2.40 bits per heavy atom. The number of benzene rings is 2. The molecule has 1 aromatic heterocycles. The van der Waals surface area contributed by atoms with E-state index < -0.39 is 5.97 Å². The number of carboxylic acid groups (broad SMARTS) is 1. The summed E-state index contributed by atoms with van der Waals surface area (Å²) in [6.07, 6.45) is -0.413. The van der Waals surface area contributed by atoms with Crippen molar-refractivity contribution in [3.8, 4) is 11.3 Å². The fourth-order valence-electron chi connectivity index (χ4n) is 2.75. The summed E-state index contributed by atoms with van der Waals surface area (Å²) in [6, 6.07) is 14.0. The lowest BCUT2D eigenvalue weighted by Gasteiger charge is -2.09. The number of hydrogen-bond donors (Lipinski definition) is 1. The van der Waals surface area contributed by atoms with Crippen molar-refractivity contribution in [2.45, 2.75) is 19.8 Å². The Labute approximate surface area is 143 Å². The molecule has 0 saturated carbocycles. The van der Waals surface area contributed by atoms with Gasteiger partial charge in [0.05, 0.1) is 17.4 Å². The topological polar surface area (TPSA) is 84.6 Å². The highest BCUT2D eigenvalue weighted by atomic mass is 16.4. The number of aliphatic carboxylic acids is 1. The molecule has 0 saturated heterocycles. The van der Waals surface area contributed by atoms with E-state index in [1.54, 1.807) is 25.1 Å². The third kappa shape index (κ3) is 3.21. The van der Waals surface area contributed by atoms with Gasteiger partial charge in [-0.1, -0.05) is 36.4 Å². The van der Waals surface area contributed by atoms with Crippen molar-refractivity contribution in [3.05, 3.63) is 69.9 Å². The largest absolute Gasteiger partial charge is 0.481 e. The number of ketones is 1. The molecule has 126 valence electrons. The van der Waals surface area contributed by atoms with Gasteiger partial charge in [0.15, 0.2) is 11.2 Å². The molecule has 0 aliphatic heterocycles. The van der Waals surface area contributed by atoms with Crippen molar-refractivity contribution >= 4 is 22.7 Å². The van der Waals surface area contributed by atoms with Crippen LogP contribution in [0.25, 0.3) is 22.3 Å². The maximum atomic E-state index is 12.7. The Hall–Kier alpha value is -3.21. The highest BCUT2D eigenvalue weighted by Gasteiger charge is 2.18. The van der Waals surface area contributed by atoms with Crippen LogP contribution in [0.5, 0.6) is 0 Å². The highest BCUT2D eigenvalue weighted by molar-refractivity contribution is 6.06. The van der Waals surface area contributed by atoms with Gasteiger partial charge in [0.25, 0.3) is 0 Å². The fraction of sp³-hybridized carbons (Fsp3) is 0.150. The van der Waals surface area contributed by atoms with E-state index in [-0.39, 0.29) is 35.2 Å². The standard InChI is InChI=1S/C20H16O5/c1-12-18(24)15-9-5-8-14(16(21)10-11-17(22)23)20(15)25-19(12)13-6-3-2-4-7-13/h2-9H,10-11H2,1H3,(H,22,23). The van der Waals surface area contributed by atoms with E-state index in [0.29, 0.717) is 16.7 Å². The van der Waals surface area contributed by atoms with Gasteiger partial charge < -0.3 is 9.52 Å². The maximum absolute atomic E-state index is 12.7. The van der Waals surface area contributed by atoms with Crippen LogP contribution in [0.1, 0.15) is 28.8 Å². The SMILES string of the molecule is Cc1c(-c2ccccc2)oc2c(C(=O)CCC(=O)O)cccc2c1=O. The molecule has 0 amide bonds. The summed E-state index contributed by atoms with van der Waals surface area (Å²) >= 11 is 0. The molecule has 0 bridgehead atoms. The van der Waals surface area contributed by atoms with Gasteiger partial charge in [-0.05, 0) is 19.1 Å². The second-order valence-corrected chi connectivity index (χ2v) is 5.75. The van der Waals surface area contributed by atoms with Gasteiger partial charge in [-0.2, -0.15) is 0 Å². The summed E-state index contributed by atoms with van der Waals surface area (Å²) in [4.78, 5) is 35.8. The molecule has 1 N–H and O–H groups in total. The fourth-order valence-corrected chi connectivity index (χ4v) is 2.75. The van der Waals surface area contributed by atoms with Crippen LogP contribution < -0.4 is 5.43 Å². The average molecular weight is 336 g/mol. The van der Waals surface area contributed by atoms with Crippen molar-refractivity contribution in [2.24, 2.45) is 0 Å². The lowest BCUT2D eigenvalue weighted by atomic mass is 10.0. The molecule has 0 spiro atoms. The first-order chi connectivity index (χ1) is 12.0. The molecule has 0 aliphatic rings. The molecule has 5 nitrogen and oxygen atoms in total. The van der Waals surface area contributed by atoms with Crippen LogP contribution in [-0.2, 0) is 4.79 Å². The smallest absolute Gasteiger partial charge is 0.303 e. The van der Waals surface area contributed by atoms with E-state index in [1.807, 2.05) is 30.3 Å². The lowest BCUT2D eigenvalue weighted by Crippen LogP contribution is -2.10. The lowest BCUT2D eigenvalue weighted by molar-refractivity contribution is -0.136. The van der Waals surface area contributed by atoms with E-state index in [2.05, 4.69) is 0 Å². The van der Waals surface area contributed by atoms with Crippen molar-refractivity contribution in [1.29, 1.82) is 0 Å². The zero-order valence-corrected chi connectivity index (χ0v) is 13.6. The predicted molar refractivity (Wildman–Crippen MR) is 93.9 cm³/mol. The third-order valence-electron chi connectivity index (χ3n) is 4.05. The van der Waals surface area contributed by atoms with Crippen molar-refractivity contribution in [2.75, 3.05) is 0 Å². The van der Waals surface area contributed by atoms with Crippen LogP contribution in [0.4, 0.5) is 0 Å². The summed E-state index contributed by atoms with van der Waals surface area (Å²) in [5.74, 6) is -0.994. The first-order valence-corrected chi connectivity index (χ1v) is 7.86. The quantitative estimate of drug-likeness (QED) is 0.716. The minimum atomic E-state index is -1.05. The van der Waals surface area contributed by atoms with Crippen LogP contribution in [0.15, 0.2) is 57.7 Å². The van der Waals surface area contributed by atoms with E-state index >= 15 is 0 Å². The van der Waals surface area contributed by atoms with Gasteiger partial charge in [-0.25, -0.2) is 0 Å². The Balaban J connectivity index is 2.21. The van der Waals surface area contributed by atoms with Gasteiger partial charge in [-0.3, -0.25) is 14.4 Å². The zero-order chi connectivity index (χ0) is 18.0. The van der Waals surface area contributed by atoms with E-state index in [4.69, 9.17) is 9.52 Å². The van der Waals surface area contributed by atoms with Crippen LogP contribution in [0, 0.1) is 6.92 Å². The summed E-state index contributed by atoms with van der Waals surface area (Å²) in [5.41, 5.74) is 1.44. The molecule has 25 heavy (non-hydrogen) atoms. The van der Waals surface area contributed by atoms with Gasteiger partial charge >= 0.3 is 5.97 Å². The molecule has 0 fully saturated rings. The summed E-state index contributed by atoms with van der Waals surface area (Å²) in [5, 5.41) is 9.09. The Bertz CT molecular complexity index is 1020. The number of Topliss-reactive ketones (excluding diaryl/α,β-unsaturated/α-hetero) is 1. The van der Waals surface area contributed by atoms with Gasteiger partial charge in [0, 0.05) is 17.5 Å². The average Bonchev–Trinajstić information content (AvgIpc) is 2.63. The molecule has 0 radical (unpaired) electrons. The van der Waals surface area contributed by atoms with Crippen LogP contribution in [-0.4, -0.2) is 16.9 Å². The van der Waals surface area contributed by atoms with Crippen LogP contribution >= 0.6 is 0 Å². The molecule has 5 heteroatoms. The second-order valence-electron chi connectivity index (χ2n) is 5.75. The Kier molecular flexibility index (Phi) is 4.48. The van der Waals surface area contributed by atoms with E-state index in [0.717, 1.165) is 5.56 Å². The molecule has 2 aromatic carbocycles. The van der Waals surface area contributed by atoms with Crippen molar-refractivity contribution in [3.63, 3.8) is 0 Å². The monoisotopic (exact) mass is 336 g/mol. The molecule has 1 heterocycles. The normalized spacial score (nSPS) is 10.8. The summed E-state index contributed by atoms with van der Waals surface area (Å²) in [7, 11) is 0. The first kappa shape index (κ1) is 16.6. The molecule has 3 aromatic rings. The van der Waals surface area contributed by atoms with E-state index in [1.165, 1.54) is 0 Å².